The van der Waals surface area contributed by atoms with Crippen molar-refractivity contribution >= 4 is 15.1 Å². The van der Waals surface area contributed by atoms with Crippen LogP contribution in [0.15, 0.2) is 12.0 Å². The zero-order valence-corrected chi connectivity index (χ0v) is 3.86. The Labute approximate surface area is 34.9 Å². The first-order valence-electron chi connectivity index (χ1n) is 2.03. The maximum absolute atomic E-state index is 2.12. The van der Waals surface area contributed by atoms with Gasteiger partial charge >= 0.3 is 0 Å². The third-order valence-corrected chi connectivity index (χ3v) is 0.471. The molecule has 0 heterocycles. The van der Waals surface area contributed by atoms with Gasteiger partial charge in [0.1, 0.15) is 15.1 Å². The maximum atomic E-state index is 2.12. The van der Waals surface area contributed by atoms with Gasteiger partial charge in [-0.15, -0.1) is 12.0 Å². The van der Waals surface area contributed by atoms with E-state index in [0.717, 1.165) is 7.28 Å². The van der Waals surface area contributed by atoms with Crippen LogP contribution in [0.3, 0.4) is 0 Å². The van der Waals surface area contributed by atoms with Crippen molar-refractivity contribution in [3.8, 4) is 0 Å². The zero-order chi connectivity index (χ0) is 4.12. The van der Waals surface area contributed by atoms with Gasteiger partial charge in [-0.3, -0.25) is 0 Å². The van der Waals surface area contributed by atoms with Crippen molar-refractivity contribution in [2.24, 2.45) is 0 Å². The fraction of sp³-hybridized carbons (Fsp3) is 0.333. The molecule has 0 bridgehead atoms. The standard InChI is InChI=1S/C3H8B2/c1-5-3-2-4/h2-3,5H,4H2,1H3/b3-2+. The molecule has 0 rings (SSSR count). The quantitative estimate of drug-likeness (QED) is 0.364. The lowest BCUT2D eigenvalue weighted by Gasteiger charge is -1.61. The van der Waals surface area contributed by atoms with E-state index >= 15 is 0 Å². The molecule has 0 radical (unpaired) electrons. The van der Waals surface area contributed by atoms with Crippen LogP contribution < -0.4 is 0 Å². The molecule has 0 unspecified atom stereocenters. The van der Waals surface area contributed by atoms with Crippen LogP contribution in [0, 0.1) is 0 Å². The van der Waals surface area contributed by atoms with Gasteiger partial charge in [0.2, 0.25) is 0 Å². The molecule has 0 spiro atoms. The minimum atomic E-state index is 1.16. The fourth-order valence-corrected chi connectivity index (χ4v) is 0.236. The van der Waals surface area contributed by atoms with E-state index in [1.165, 1.54) is 0 Å². The Balaban J connectivity index is 2.62. The van der Waals surface area contributed by atoms with Crippen LogP contribution in [0.25, 0.3) is 0 Å². The Morgan fingerprint density at radius 2 is 2.40 bits per heavy atom. The van der Waals surface area contributed by atoms with Crippen LogP contribution >= 0.6 is 0 Å². The smallest absolute Gasteiger partial charge is 0.136 e. The van der Waals surface area contributed by atoms with Crippen LogP contribution in [0.1, 0.15) is 0 Å². The van der Waals surface area contributed by atoms with Crippen molar-refractivity contribution in [2.75, 3.05) is 0 Å². The maximum Gasteiger partial charge on any atom is 0.143 e. The van der Waals surface area contributed by atoms with Gasteiger partial charge in [-0.05, 0) is 0 Å². The van der Waals surface area contributed by atoms with E-state index in [2.05, 4.69) is 18.8 Å². The summed E-state index contributed by atoms with van der Waals surface area (Å²) in [6.07, 6.45) is 0. The predicted molar refractivity (Wildman–Crippen MR) is 30.7 cm³/mol. The second-order valence-electron chi connectivity index (χ2n) is 0.977. The van der Waals surface area contributed by atoms with Gasteiger partial charge in [-0.25, -0.2) is 0 Å². The Morgan fingerprint density at radius 1 is 1.80 bits per heavy atom. The third kappa shape index (κ3) is 3.87. The number of rotatable bonds is 1. The summed E-state index contributed by atoms with van der Waals surface area (Å²) in [7, 11) is 3.19. The van der Waals surface area contributed by atoms with Crippen LogP contribution in [0.2, 0.25) is 6.82 Å². The molecule has 0 fully saturated rings. The van der Waals surface area contributed by atoms with Gasteiger partial charge < -0.3 is 0 Å². The molecule has 0 nitrogen and oxygen atoms in total. The molecule has 0 N–H and O–H groups in total. The van der Waals surface area contributed by atoms with E-state index in [9.17, 15) is 0 Å². The summed E-state index contributed by atoms with van der Waals surface area (Å²) < 4.78 is 0. The van der Waals surface area contributed by atoms with Crippen molar-refractivity contribution in [1.82, 2.24) is 0 Å². The van der Waals surface area contributed by atoms with Crippen LogP contribution in [-0.2, 0) is 0 Å². The van der Waals surface area contributed by atoms with Crippen molar-refractivity contribution < 1.29 is 0 Å². The molecular weight excluding hydrogens is 57.7 g/mol. The Bertz CT molecular complexity index is 31.9. The Kier molecular flexibility index (Phi) is 3.77. The molecule has 0 saturated heterocycles. The predicted octanol–water partition coefficient (Wildman–Crippen LogP) is -0.425. The van der Waals surface area contributed by atoms with E-state index in [1.807, 2.05) is 7.85 Å². The third-order valence-electron chi connectivity index (χ3n) is 0.471. The molecule has 0 aliphatic heterocycles. The van der Waals surface area contributed by atoms with Crippen LogP contribution in [0.4, 0.5) is 0 Å². The van der Waals surface area contributed by atoms with Crippen molar-refractivity contribution in [3.63, 3.8) is 0 Å². The molecule has 26 valence electrons. The summed E-state index contributed by atoms with van der Waals surface area (Å²) >= 11 is 0. The molecular formula is C3H8B2. The molecule has 5 heavy (non-hydrogen) atoms. The van der Waals surface area contributed by atoms with Gasteiger partial charge in [-0.1, -0.05) is 6.82 Å². The average Bonchev–Trinajstić information content (AvgIpc) is 1.41. The van der Waals surface area contributed by atoms with E-state index in [-0.39, 0.29) is 0 Å². The second kappa shape index (κ2) is 3.87. The van der Waals surface area contributed by atoms with Gasteiger partial charge in [0, 0.05) is 0 Å². The minimum absolute atomic E-state index is 1.16. The summed E-state index contributed by atoms with van der Waals surface area (Å²) in [4.78, 5) is 0. The Morgan fingerprint density at radius 3 is 2.40 bits per heavy atom. The lowest BCUT2D eigenvalue weighted by molar-refractivity contribution is 2.24. The number of hydrogen-bond acceptors (Lipinski definition) is 0. The topological polar surface area (TPSA) is 0 Å². The first-order valence-corrected chi connectivity index (χ1v) is 2.03. The average molecular weight is 65.7 g/mol. The monoisotopic (exact) mass is 66.1 g/mol. The molecule has 0 saturated carbocycles. The fourth-order valence-electron chi connectivity index (χ4n) is 0.236. The van der Waals surface area contributed by atoms with Gasteiger partial charge in [-0.2, -0.15) is 0 Å². The first kappa shape index (κ1) is 4.87. The van der Waals surface area contributed by atoms with E-state index in [1.54, 1.807) is 0 Å². The highest BCUT2D eigenvalue weighted by atomic mass is 13.2. The van der Waals surface area contributed by atoms with Crippen molar-refractivity contribution in [2.45, 2.75) is 6.82 Å². The summed E-state index contributed by atoms with van der Waals surface area (Å²) in [6.45, 7) is 2.12. The van der Waals surface area contributed by atoms with Gasteiger partial charge in [0.15, 0.2) is 0 Å². The highest BCUT2D eigenvalue weighted by Crippen LogP contribution is 1.56. The van der Waals surface area contributed by atoms with Crippen LogP contribution in [-0.4, -0.2) is 15.1 Å². The highest BCUT2D eigenvalue weighted by Gasteiger charge is 1.57. The summed E-state index contributed by atoms with van der Waals surface area (Å²) in [5, 5.41) is 0. The van der Waals surface area contributed by atoms with Crippen molar-refractivity contribution in [3.05, 3.63) is 12.0 Å². The van der Waals surface area contributed by atoms with E-state index < -0.39 is 0 Å². The molecule has 0 aliphatic carbocycles. The molecule has 0 amide bonds. The van der Waals surface area contributed by atoms with Gasteiger partial charge in [0.05, 0.1) is 0 Å². The molecule has 0 aromatic heterocycles. The highest BCUT2D eigenvalue weighted by molar-refractivity contribution is 6.42. The zero-order valence-electron chi connectivity index (χ0n) is 3.86. The van der Waals surface area contributed by atoms with E-state index in [4.69, 9.17) is 0 Å². The lowest BCUT2D eigenvalue weighted by atomic mass is 9.80. The normalized spacial score (nSPS) is 9.00. The summed E-state index contributed by atoms with van der Waals surface area (Å²) in [5.41, 5.74) is 0. The van der Waals surface area contributed by atoms with Gasteiger partial charge in [0.25, 0.3) is 0 Å². The molecule has 0 atom stereocenters. The Hall–Kier alpha value is -0.130. The van der Waals surface area contributed by atoms with Crippen molar-refractivity contribution in [1.29, 1.82) is 0 Å². The summed E-state index contributed by atoms with van der Waals surface area (Å²) in [6, 6.07) is 0. The lowest BCUT2D eigenvalue weighted by Crippen LogP contribution is -1.66. The summed E-state index contributed by atoms with van der Waals surface area (Å²) in [5.74, 6) is 4.18. The molecule has 0 aromatic rings. The molecule has 0 aromatic carbocycles. The van der Waals surface area contributed by atoms with E-state index in [0.29, 0.717) is 0 Å². The molecule has 2 heteroatoms. The largest absolute Gasteiger partial charge is 0.143 e. The minimum Gasteiger partial charge on any atom is -0.136 e. The second-order valence-corrected chi connectivity index (χ2v) is 0.977. The molecule has 0 aliphatic rings. The van der Waals surface area contributed by atoms with Crippen LogP contribution in [0.5, 0.6) is 0 Å². The SMILES string of the molecule is B/C=C/BC. The number of hydrogen-bond donors (Lipinski definition) is 0. The first-order chi connectivity index (χ1) is 2.41.